The summed E-state index contributed by atoms with van der Waals surface area (Å²) in [6.07, 6.45) is 4.62. The van der Waals surface area contributed by atoms with E-state index in [9.17, 15) is 4.79 Å². The van der Waals surface area contributed by atoms with Gasteiger partial charge >= 0.3 is 5.97 Å². The van der Waals surface area contributed by atoms with Crippen LogP contribution in [0.15, 0.2) is 36.8 Å². The Balaban J connectivity index is 2.11. The Hall–Kier alpha value is -2.30. The van der Waals surface area contributed by atoms with Gasteiger partial charge in [0.2, 0.25) is 6.33 Å². The summed E-state index contributed by atoms with van der Waals surface area (Å²) < 4.78 is 14.6. The van der Waals surface area contributed by atoms with E-state index in [1.165, 1.54) is 7.11 Å². The van der Waals surface area contributed by atoms with Crippen LogP contribution in [0.2, 0.25) is 0 Å². The number of hydrogen-bond acceptors (Lipinski definition) is 3. The lowest BCUT2D eigenvalue weighted by molar-refractivity contribution is -0.671. The number of esters is 1. The van der Waals surface area contributed by atoms with Crippen LogP contribution in [0.3, 0.4) is 0 Å². The van der Waals surface area contributed by atoms with Crippen molar-refractivity contribution in [2.75, 3.05) is 7.11 Å². The number of hydrogen-bond donors (Lipinski definition) is 0. The molecule has 0 aliphatic carbocycles. The Labute approximate surface area is 123 Å². The minimum atomic E-state index is -0.327. The molecule has 21 heavy (non-hydrogen) atoms. The topological polar surface area (TPSA) is 44.3 Å². The Bertz CT molecular complexity index is 678. The summed E-state index contributed by atoms with van der Waals surface area (Å²) in [5.74, 6) is 0.556. The molecular weight excluding hydrogens is 268 g/mol. The molecule has 1 aliphatic rings. The minimum absolute atomic E-state index is 0.0697. The number of aromatic nitrogens is 2. The third-order valence-corrected chi connectivity index (χ3v) is 3.80. The summed E-state index contributed by atoms with van der Waals surface area (Å²) >= 11 is 0. The molecule has 110 valence electrons. The largest absolute Gasteiger partial charge is 0.490 e. The molecule has 0 amide bonds. The van der Waals surface area contributed by atoms with Crippen molar-refractivity contribution in [1.82, 2.24) is 4.57 Å². The number of carbonyl (C=O) groups is 1. The van der Waals surface area contributed by atoms with Gasteiger partial charge in [0.15, 0.2) is 0 Å². The molecular formula is C16H19N2O3+. The average Bonchev–Trinajstić information content (AvgIpc) is 2.87. The molecule has 0 spiro atoms. The van der Waals surface area contributed by atoms with E-state index in [1.54, 1.807) is 6.20 Å². The fourth-order valence-electron chi connectivity index (χ4n) is 2.90. The van der Waals surface area contributed by atoms with Crippen molar-refractivity contribution in [2.45, 2.75) is 25.5 Å². The molecule has 0 N–H and O–H groups in total. The van der Waals surface area contributed by atoms with E-state index in [0.717, 1.165) is 17.7 Å². The number of benzene rings is 1. The van der Waals surface area contributed by atoms with Crippen LogP contribution >= 0.6 is 0 Å². The molecule has 0 saturated heterocycles. The lowest BCUT2D eigenvalue weighted by Gasteiger charge is -2.28. The summed E-state index contributed by atoms with van der Waals surface area (Å²) in [5.41, 5.74) is 1.64. The first-order valence-electron chi connectivity index (χ1n) is 7.01. The molecule has 1 aromatic heterocycles. The highest BCUT2D eigenvalue weighted by Crippen LogP contribution is 2.37. The highest BCUT2D eigenvalue weighted by molar-refractivity contribution is 5.87. The van der Waals surface area contributed by atoms with Crippen LogP contribution in [0, 0.1) is 0 Å². The van der Waals surface area contributed by atoms with Crippen molar-refractivity contribution in [2.24, 2.45) is 7.05 Å². The van der Waals surface area contributed by atoms with Crippen LogP contribution in [0.4, 0.5) is 0 Å². The Morgan fingerprint density at radius 3 is 2.95 bits per heavy atom. The quantitative estimate of drug-likeness (QED) is 0.625. The van der Waals surface area contributed by atoms with Gasteiger partial charge in [-0.1, -0.05) is 18.2 Å². The number of carbonyl (C=O) groups excluding carboxylic acids is 1. The van der Waals surface area contributed by atoms with Crippen molar-refractivity contribution >= 4 is 5.97 Å². The summed E-state index contributed by atoms with van der Waals surface area (Å²) in [7, 11) is 3.30. The molecule has 2 aromatic rings. The Morgan fingerprint density at radius 1 is 1.43 bits per heavy atom. The summed E-state index contributed by atoms with van der Waals surface area (Å²) in [4.78, 5) is 12.0. The maximum absolute atomic E-state index is 12.0. The fourth-order valence-corrected chi connectivity index (χ4v) is 2.90. The molecule has 3 rings (SSSR count). The van der Waals surface area contributed by atoms with Gasteiger partial charge in [0.1, 0.15) is 24.1 Å². The zero-order valence-corrected chi connectivity index (χ0v) is 12.4. The smallest absolute Gasteiger partial charge is 0.382 e. The lowest BCUT2D eigenvalue weighted by atomic mass is 9.96. The summed E-state index contributed by atoms with van der Waals surface area (Å²) in [5, 5.41) is 0. The molecule has 5 heteroatoms. The van der Waals surface area contributed by atoms with Gasteiger partial charge in [0.25, 0.3) is 5.69 Å². The SMILES string of the molecule is COC(=O)c1c[n+](C)cn1C1CC(C)Oc2ccccc21. The first kappa shape index (κ1) is 13.7. The highest BCUT2D eigenvalue weighted by atomic mass is 16.5. The fraction of sp³-hybridized carbons (Fsp3) is 0.375. The van der Waals surface area contributed by atoms with Crippen molar-refractivity contribution in [1.29, 1.82) is 0 Å². The zero-order valence-electron chi connectivity index (χ0n) is 12.4. The molecule has 1 aliphatic heterocycles. The number of ether oxygens (including phenoxy) is 2. The van der Waals surface area contributed by atoms with E-state index in [0.29, 0.717) is 5.69 Å². The van der Waals surface area contributed by atoms with Gasteiger partial charge in [-0.3, -0.25) is 0 Å². The molecule has 0 bridgehead atoms. The number of methoxy groups -OCH3 is 1. The number of rotatable bonds is 2. The predicted octanol–water partition coefficient (Wildman–Crippen LogP) is 1.86. The molecule has 0 saturated carbocycles. The van der Waals surface area contributed by atoms with Crippen LogP contribution in [0.5, 0.6) is 5.75 Å². The van der Waals surface area contributed by atoms with Gasteiger partial charge in [-0.15, -0.1) is 0 Å². The van der Waals surface area contributed by atoms with Crippen LogP contribution in [-0.2, 0) is 11.8 Å². The van der Waals surface area contributed by atoms with Crippen molar-refractivity contribution in [3.63, 3.8) is 0 Å². The van der Waals surface area contributed by atoms with E-state index in [4.69, 9.17) is 9.47 Å². The second-order valence-corrected chi connectivity index (χ2v) is 5.41. The van der Waals surface area contributed by atoms with Crippen molar-refractivity contribution in [3.8, 4) is 5.75 Å². The molecule has 0 radical (unpaired) electrons. The van der Waals surface area contributed by atoms with Gasteiger partial charge in [-0.25, -0.2) is 13.9 Å². The first-order chi connectivity index (χ1) is 10.1. The zero-order chi connectivity index (χ0) is 15.0. The van der Waals surface area contributed by atoms with Crippen molar-refractivity contribution < 1.29 is 18.8 Å². The third-order valence-electron chi connectivity index (χ3n) is 3.80. The van der Waals surface area contributed by atoms with E-state index in [1.807, 2.05) is 53.7 Å². The van der Waals surface area contributed by atoms with Crippen LogP contribution in [0.1, 0.15) is 35.4 Å². The standard InChI is InChI=1S/C16H19N2O3/c1-11-8-13(12-6-4-5-7-15(12)21-11)18-10-17(2)9-14(18)16(19)20-3/h4-7,9-11,13H,8H2,1-3H3/q+1. The van der Waals surface area contributed by atoms with Gasteiger partial charge in [-0.05, 0) is 13.0 Å². The van der Waals surface area contributed by atoms with Crippen molar-refractivity contribution in [3.05, 3.63) is 48.0 Å². The maximum atomic E-state index is 12.0. The van der Waals surface area contributed by atoms with E-state index in [2.05, 4.69) is 0 Å². The molecule has 2 atom stereocenters. The van der Waals surface area contributed by atoms with Gasteiger partial charge in [0, 0.05) is 12.0 Å². The number of fused-ring (bicyclic) bond motifs is 1. The molecule has 2 heterocycles. The third kappa shape index (κ3) is 2.39. The van der Waals surface area contributed by atoms with Gasteiger partial charge in [0.05, 0.1) is 14.2 Å². The van der Waals surface area contributed by atoms with E-state index in [-0.39, 0.29) is 18.1 Å². The van der Waals surface area contributed by atoms with Crippen LogP contribution < -0.4 is 9.30 Å². The number of aryl methyl sites for hydroxylation is 1. The Kier molecular flexibility index (Phi) is 3.41. The number of para-hydroxylation sites is 1. The molecule has 2 unspecified atom stereocenters. The second kappa shape index (κ2) is 5.24. The molecule has 1 aromatic carbocycles. The number of imidazole rings is 1. The predicted molar refractivity (Wildman–Crippen MR) is 76.2 cm³/mol. The second-order valence-electron chi connectivity index (χ2n) is 5.41. The van der Waals surface area contributed by atoms with Gasteiger partial charge in [-0.2, -0.15) is 0 Å². The van der Waals surface area contributed by atoms with E-state index >= 15 is 0 Å². The van der Waals surface area contributed by atoms with Crippen LogP contribution in [0.25, 0.3) is 0 Å². The first-order valence-corrected chi connectivity index (χ1v) is 7.01. The minimum Gasteiger partial charge on any atom is -0.490 e. The van der Waals surface area contributed by atoms with Gasteiger partial charge < -0.3 is 9.47 Å². The van der Waals surface area contributed by atoms with E-state index < -0.39 is 0 Å². The maximum Gasteiger partial charge on any atom is 0.382 e. The molecule has 0 fully saturated rings. The average molecular weight is 287 g/mol. The highest BCUT2D eigenvalue weighted by Gasteiger charge is 2.34. The normalized spacial score (nSPS) is 20.5. The summed E-state index contributed by atoms with van der Waals surface area (Å²) in [6, 6.07) is 8.05. The summed E-state index contributed by atoms with van der Waals surface area (Å²) in [6.45, 7) is 2.05. The van der Waals surface area contributed by atoms with Crippen LogP contribution in [-0.4, -0.2) is 23.8 Å². The Morgan fingerprint density at radius 2 is 2.19 bits per heavy atom. The number of nitrogens with zero attached hydrogens (tertiary/aromatic N) is 2. The monoisotopic (exact) mass is 287 g/mol. The molecule has 5 nitrogen and oxygen atoms in total. The lowest BCUT2D eigenvalue weighted by Crippen LogP contribution is -2.29.